The molecule has 2 atom stereocenters. The molecule has 0 aliphatic carbocycles. The molecule has 0 aromatic heterocycles. The van der Waals surface area contributed by atoms with E-state index in [0.29, 0.717) is 10.7 Å². The number of halogens is 3. The first-order chi connectivity index (χ1) is 13.2. The van der Waals surface area contributed by atoms with Crippen LogP contribution in [0.2, 0.25) is 10.0 Å². The van der Waals surface area contributed by atoms with E-state index in [9.17, 15) is 17.6 Å². The molecular formula is C19H17Cl2FN2O3S. The third-order valence-electron chi connectivity index (χ3n) is 5.30. The second kappa shape index (κ2) is 6.90. The first-order valence-corrected chi connectivity index (χ1v) is 11.2. The number of carbonyl (C=O) groups is 1. The predicted molar refractivity (Wildman–Crippen MR) is 107 cm³/mol. The van der Waals surface area contributed by atoms with Crippen LogP contribution in [0.5, 0.6) is 0 Å². The molecule has 2 aliphatic rings. The van der Waals surface area contributed by atoms with Gasteiger partial charge in [0.1, 0.15) is 5.82 Å². The number of carbonyl (C=O) groups excluding carboxylic acids is 1. The lowest BCUT2D eigenvalue weighted by Gasteiger charge is -2.23. The van der Waals surface area contributed by atoms with Crippen molar-refractivity contribution in [3.8, 4) is 0 Å². The van der Waals surface area contributed by atoms with Crippen LogP contribution in [0.4, 0.5) is 14.9 Å². The Morgan fingerprint density at radius 3 is 2.50 bits per heavy atom. The van der Waals surface area contributed by atoms with Crippen molar-refractivity contribution in [3.63, 3.8) is 0 Å². The van der Waals surface area contributed by atoms with E-state index in [1.54, 1.807) is 24.3 Å². The minimum absolute atomic E-state index is 0.100. The Labute approximate surface area is 172 Å². The first-order valence-electron chi connectivity index (χ1n) is 8.67. The largest absolute Gasteiger partial charge is 0.325 e. The summed E-state index contributed by atoms with van der Waals surface area (Å²) < 4.78 is 38.9. The number of sulfone groups is 1. The summed E-state index contributed by atoms with van der Waals surface area (Å²) in [7, 11) is -3.33. The van der Waals surface area contributed by atoms with Crippen molar-refractivity contribution in [3.05, 3.63) is 63.4 Å². The molecule has 2 aromatic rings. The van der Waals surface area contributed by atoms with Gasteiger partial charge in [0.05, 0.1) is 30.1 Å². The van der Waals surface area contributed by atoms with Gasteiger partial charge in [-0.2, -0.15) is 0 Å². The highest BCUT2D eigenvalue weighted by Crippen LogP contribution is 2.38. The Hall–Kier alpha value is -1.83. The van der Waals surface area contributed by atoms with Gasteiger partial charge in [0.25, 0.3) is 0 Å². The van der Waals surface area contributed by atoms with Gasteiger partial charge < -0.3 is 4.90 Å². The number of aryl methyl sites for hydroxylation is 1. The Morgan fingerprint density at radius 2 is 1.82 bits per heavy atom. The van der Waals surface area contributed by atoms with E-state index in [1.807, 2.05) is 6.92 Å². The first kappa shape index (κ1) is 19.5. The van der Waals surface area contributed by atoms with Gasteiger partial charge in [-0.3, -0.25) is 4.90 Å². The molecule has 148 valence electrons. The van der Waals surface area contributed by atoms with E-state index in [4.69, 9.17) is 23.2 Å². The Bertz CT molecular complexity index is 1060. The zero-order valence-electron chi connectivity index (χ0n) is 14.9. The van der Waals surface area contributed by atoms with Crippen LogP contribution in [0.15, 0.2) is 36.4 Å². The fourth-order valence-corrected chi connectivity index (χ4v) is 6.20. The van der Waals surface area contributed by atoms with Crippen LogP contribution in [0.3, 0.4) is 0 Å². The molecule has 5 nitrogen and oxygen atoms in total. The van der Waals surface area contributed by atoms with Crippen molar-refractivity contribution < 1.29 is 17.6 Å². The van der Waals surface area contributed by atoms with Crippen LogP contribution in [-0.4, -0.2) is 42.9 Å². The molecule has 2 saturated heterocycles. The molecule has 9 heteroatoms. The molecule has 0 radical (unpaired) electrons. The van der Waals surface area contributed by atoms with Crippen molar-refractivity contribution in [2.24, 2.45) is 0 Å². The zero-order chi connectivity index (χ0) is 20.2. The van der Waals surface area contributed by atoms with E-state index in [-0.39, 0.29) is 34.7 Å². The summed E-state index contributed by atoms with van der Waals surface area (Å²) in [6.45, 7) is 1.74. The van der Waals surface area contributed by atoms with E-state index in [2.05, 4.69) is 0 Å². The quantitative estimate of drug-likeness (QED) is 0.673. The van der Waals surface area contributed by atoms with E-state index in [1.165, 1.54) is 21.9 Å². The average molecular weight is 443 g/mol. The maximum absolute atomic E-state index is 14.3. The van der Waals surface area contributed by atoms with Crippen molar-refractivity contribution in [2.75, 3.05) is 16.4 Å². The Kier molecular flexibility index (Phi) is 4.80. The minimum atomic E-state index is -3.33. The van der Waals surface area contributed by atoms with E-state index >= 15 is 0 Å². The number of urea groups is 1. The number of amides is 2. The maximum atomic E-state index is 14.3. The fourth-order valence-electron chi connectivity index (χ4n) is 3.85. The number of benzene rings is 2. The van der Waals surface area contributed by atoms with E-state index in [0.717, 1.165) is 5.56 Å². The number of nitrogens with zero attached hydrogens (tertiary/aromatic N) is 2. The molecule has 0 saturated carbocycles. The minimum Gasteiger partial charge on any atom is -0.314 e. The lowest BCUT2D eigenvalue weighted by Crippen LogP contribution is -2.37. The highest BCUT2D eigenvalue weighted by Gasteiger charge is 2.54. The summed E-state index contributed by atoms with van der Waals surface area (Å²) in [5, 5.41) is 0.681. The summed E-state index contributed by atoms with van der Waals surface area (Å²) in [6, 6.07) is 7.94. The van der Waals surface area contributed by atoms with Crippen molar-refractivity contribution in [1.29, 1.82) is 0 Å². The monoisotopic (exact) mass is 442 g/mol. The summed E-state index contributed by atoms with van der Waals surface area (Å²) >= 11 is 12.3. The Morgan fingerprint density at radius 1 is 1.11 bits per heavy atom. The smallest absolute Gasteiger partial charge is 0.314 e. The molecule has 0 spiro atoms. The van der Waals surface area contributed by atoms with Gasteiger partial charge >= 0.3 is 6.03 Å². The maximum Gasteiger partial charge on any atom is 0.325 e. The van der Waals surface area contributed by atoms with Gasteiger partial charge in [-0.05, 0) is 36.8 Å². The van der Waals surface area contributed by atoms with Crippen molar-refractivity contribution >= 4 is 44.8 Å². The van der Waals surface area contributed by atoms with Gasteiger partial charge in [-0.25, -0.2) is 17.6 Å². The van der Waals surface area contributed by atoms with Gasteiger partial charge in [0, 0.05) is 21.3 Å². The molecule has 0 N–H and O–H groups in total. The van der Waals surface area contributed by atoms with Crippen LogP contribution in [0.1, 0.15) is 11.1 Å². The second-order valence-corrected chi connectivity index (χ2v) is 10.1. The number of anilines is 1. The number of fused-ring (bicyclic) bond motifs is 1. The van der Waals surface area contributed by atoms with Gasteiger partial charge in [-0.15, -0.1) is 0 Å². The summed E-state index contributed by atoms with van der Waals surface area (Å²) in [5.74, 6) is -0.836. The van der Waals surface area contributed by atoms with Gasteiger partial charge in [0.2, 0.25) is 0 Å². The summed E-state index contributed by atoms with van der Waals surface area (Å²) in [5.41, 5.74) is 1.54. The predicted octanol–water partition coefficient (Wildman–Crippen LogP) is 4.05. The Balaban J connectivity index is 1.75. The van der Waals surface area contributed by atoms with Gasteiger partial charge in [-0.1, -0.05) is 35.3 Å². The van der Waals surface area contributed by atoms with Crippen LogP contribution in [0.25, 0.3) is 0 Å². The van der Waals surface area contributed by atoms with E-state index < -0.39 is 27.7 Å². The average Bonchev–Trinajstić information content (AvgIpc) is 3.04. The molecule has 2 fully saturated rings. The number of rotatable bonds is 3. The van der Waals surface area contributed by atoms with Crippen LogP contribution >= 0.6 is 23.2 Å². The number of hydrogen-bond donors (Lipinski definition) is 0. The third-order valence-corrected chi connectivity index (χ3v) is 7.76. The molecule has 0 unspecified atom stereocenters. The van der Waals surface area contributed by atoms with Crippen molar-refractivity contribution in [1.82, 2.24) is 4.90 Å². The van der Waals surface area contributed by atoms with Crippen LogP contribution < -0.4 is 4.90 Å². The molecule has 28 heavy (non-hydrogen) atoms. The zero-order valence-corrected chi connectivity index (χ0v) is 17.2. The topological polar surface area (TPSA) is 57.7 Å². The summed E-state index contributed by atoms with van der Waals surface area (Å²) in [4.78, 5) is 16.1. The second-order valence-electron chi connectivity index (χ2n) is 7.13. The SMILES string of the molecule is Cc1ccc(N2C(=O)N(Cc3c(F)cccc3Cl)[C@H]3CS(=O)(=O)C[C@H]32)cc1Cl. The lowest BCUT2D eigenvalue weighted by atomic mass is 10.1. The molecule has 0 bridgehead atoms. The molecule has 2 amide bonds. The van der Waals surface area contributed by atoms with Gasteiger partial charge in [0.15, 0.2) is 9.84 Å². The normalized spacial score (nSPS) is 23.4. The number of hydrogen-bond acceptors (Lipinski definition) is 3. The molecule has 2 aliphatic heterocycles. The molecule has 2 heterocycles. The lowest BCUT2D eigenvalue weighted by molar-refractivity contribution is 0.205. The highest BCUT2D eigenvalue weighted by atomic mass is 35.5. The van der Waals surface area contributed by atoms with Crippen LogP contribution in [0, 0.1) is 12.7 Å². The molecular weight excluding hydrogens is 426 g/mol. The van der Waals surface area contributed by atoms with Crippen LogP contribution in [-0.2, 0) is 16.4 Å². The summed E-state index contributed by atoms with van der Waals surface area (Å²) in [6.07, 6.45) is 0. The molecule has 4 rings (SSSR count). The standard InChI is InChI=1S/C19H17Cl2FN2O3S/c1-11-5-6-12(7-15(11)21)24-18-10-28(26,27)9-17(18)23(19(24)25)8-13-14(20)3-2-4-16(13)22/h2-7,17-18H,8-10H2,1H3/t17-,18+/m0/s1. The fraction of sp³-hybridized carbons (Fsp3) is 0.316. The third kappa shape index (κ3) is 3.25. The highest BCUT2D eigenvalue weighted by molar-refractivity contribution is 7.91. The molecule has 2 aromatic carbocycles. The van der Waals surface area contributed by atoms with Crippen molar-refractivity contribution in [2.45, 2.75) is 25.6 Å².